The largest absolute Gasteiger partial charge is 0.480 e. The van der Waals surface area contributed by atoms with Crippen LogP contribution in [0, 0.1) is 6.92 Å². The van der Waals surface area contributed by atoms with Gasteiger partial charge in [-0.1, -0.05) is 30.3 Å². The van der Waals surface area contributed by atoms with Gasteiger partial charge in [-0.15, -0.1) is 10.2 Å². The lowest BCUT2D eigenvalue weighted by Crippen LogP contribution is -2.13. The third-order valence-corrected chi connectivity index (χ3v) is 2.51. The summed E-state index contributed by atoms with van der Waals surface area (Å²) in [7, 11) is 0. The normalized spacial score (nSPS) is 10.4. The molecule has 0 spiro atoms. The van der Waals surface area contributed by atoms with Crippen LogP contribution in [-0.4, -0.2) is 25.8 Å². The van der Waals surface area contributed by atoms with Gasteiger partial charge in [-0.2, -0.15) is 0 Å². The number of hydrogen-bond acceptors (Lipinski definition) is 3. The SMILES string of the molecule is Cc1nnc(Cc2ccccc2)n1CC(=O)O. The van der Waals surface area contributed by atoms with Gasteiger partial charge in [-0.25, -0.2) is 0 Å². The van der Waals surface area contributed by atoms with Crippen LogP contribution in [0.5, 0.6) is 0 Å². The Bertz CT molecular complexity index is 520. The Morgan fingerprint density at radius 1 is 1.29 bits per heavy atom. The van der Waals surface area contributed by atoms with Gasteiger partial charge < -0.3 is 9.67 Å². The second-order valence-corrected chi connectivity index (χ2v) is 3.81. The van der Waals surface area contributed by atoms with Crippen LogP contribution < -0.4 is 0 Å². The molecule has 1 heterocycles. The van der Waals surface area contributed by atoms with Gasteiger partial charge in [0.1, 0.15) is 18.2 Å². The maximum atomic E-state index is 10.7. The molecule has 0 bridgehead atoms. The first-order valence-corrected chi connectivity index (χ1v) is 5.31. The van der Waals surface area contributed by atoms with Crippen molar-refractivity contribution in [1.82, 2.24) is 14.8 Å². The van der Waals surface area contributed by atoms with Crippen molar-refractivity contribution in [1.29, 1.82) is 0 Å². The van der Waals surface area contributed by atoms with Gasteiger partial charge in [0.2, 0.25) is 0 Å². The van der Waals surface area contributed by atoms with Gasteiger partial charge in [-0.05, 0) is 12.5 Å². The van der Waals surface area contributed by atoms with Gasteiger partial charge in [0, 0.05) is 6.42 Å². The van der Waals surface area contributed by atoms with E-state index in [1.54, 1.807) is 11.5 Å². The Morgan fingerprint density at radius 2 is 2.00 bits per heavy atom. The van der Waals surface area contributed by atoms with Crippen molar-refractivity contribution in [3.8, 4) is 0 Å². The van der Waals surface area contributed by atoms with Gasteiger partial charge in [0.25, 0.3) is 0 Å². The molecule has 5 nitrogen and oxygen atoms in total. The van der Waals surface area contributed by atoms with Crippen molar-refractivity contribution in [2.45, 2.75) is 19.9 Å². The molecule has 5 heteroatoms. The van der Waals surface area contributed by atoms with Crippen molar-refractivity contribution >= 4 is 5.97 Å². The van der Waals surface area contributed by atoms with Gasteiger partial charge >= 0.3 is 5.97 Å². The van der Waals surface area contributed by atoms with Gasteiger partial charge in [-0.3, -0.25) is 4.79 Å². The fourth-order valence-electron chi connectivity index (χ4n) is 1.67. The lowest BCUT2D eigenvalue weighted by atomic mass is 10.1. The van der Waals surface area contributed by atoms with Crippen molar-refractivity contribution in [2.75, 3.05) is 0 Å². The molecule has 0 fully saturated rings. The zero-order valence-electron chi connectivity index (χ0n) is 9.50. The number of hydrogen-bond donors (Lipinski definition) is 1. The van der Waals surface area contributed by atoms with Crippen LogP contribution in [0.2, 0.25) is 0 Å². The Balaban J connectivity index is 2.24. The molecule has 17 heavy (non-hydrogen) atoms. The molecule has 1 aromatic heterocycles. The fourth-order valence-corrected chi connectivity index (χ4v) is 1.67. The molecule has 88 valence electrons. The van der Waals surface area contributed by atoms with E-state index in [4.69, 9.17) is 5.11 Å². The number of carboxylic acids is 1. The molecular formula is C12H13N3O2. The van der Waals surface area contributed by atoms with Crippen LogP contribution in [0.4, 0.5) is 0 Å². The smallest absolute Gasteiger partial charge is 0.323 e. The molecule has 2 rings (SSSR count). The maximum absolute atomic E-state index is 10.7. The fraction of sp³-hybridized carbons (Fsp3) is 0.250. The number of aliphatic carboxylic acids is 1. The molecule has 0 aliphatic heterocycles. The van der Waals surface area contributed by atoms with Crippen molar-refractivity contribution in [2.24, 2.45) is 0 Å². The number of carboxylic acid groups (broad SMARTS) is 1. The Morgan fingerprint density at radius 3 is 2.65 bits per heavy atom. The number of aromatic nitrogens is 3. The summed E-state index contributed by atoms with van der Waals surface area (Å²) in [4.78, 5) is 10.7. The minimum absolute atomic E-state index is 0.0962. The molecule has 0 atom stereocenters. The third-order valence-electron chi connectivity index (χ3n) is 2.51. The molecule has 0 radical (unpaired) electrons. The molecule has 0 amide bonds. The summed E-state index contributed by atoms with van der Waals surface area (Å²) in [6, 6.07) is 9.79. The van der Waals surface area contributed by atoms with E-state index in [0.29, 0.717) is 18.1 Å². The van der Waals surface area contributed by atoms with Crippen LogP contribution in [-0.2, 0) is 17.8 Å². The number of nitrogens with zero attached hydrogens (tertiary/aromatic N) is 3. The number of rotatable bonds is 4. The number of aryl methyl sites for hydroxylation is 1. The summed E-state index contributed by atoms with van der Waals surface area (Å²) >= 11 is 0. The zero-order valence-corrected chi connectivity index (χ0v) is 9.50. The predicted octanol–water partition coefficient (Wildman–Crippen LogP) is 1.26. The lowest BCUT2D eigenvalue weighted by molar-refractivity contribution is -0.137. The molecule has 0 saturated carbocycles. The van der Waals surface area contributed by atoms with E-state index in [-0.39, 0.29) is 6.54 Å². The van der Waals surface area contributed by atoms with E-state index in [1.807, 2.05) is 30.3 Å². The van der Waals surface area contributed by atoms with E-state index in [9.17, 15) is 4.79 Å². The molecule has 0 saturated heterocycles. The van der Waals surface area contributed by atoms with E-state index < -0.39 is 5.97 Å². The second kappa shape index (κ2) is 4.78. The lowest BCUT2D eigenvalue weighted by Gasteiger charge is -2.05. The molecule has 0 unspecified atom stereocenters. The molecule has 0 aliphatic rings. The Labute approximate surface area is 98.7 Å². The highest BCUT2D eigenvalue weighted by Gasteiger charge is 2.11. The summed E-state index contributed by atoms with van der Waals surface area (Å²) in [5.41, 5.74) is 1.09. The first kappa shape index (κ1) is 11.3. The maximum Gasteiger partial charge on any atom is 0.323 e. The number of benzene rings is 1. The highest BCUT2D eigenvalue weighted by atomic mass is 16.4. The molecule has 1 N–H and O–H groups in total. The Kier molecular flexibility index (Phi) is 3.18. The predicted molar refractivity (Wildman–Crippen MR) is 61.6 cm³/mol. The average Bonchev–Trinajstić information content (AvgIpc) is 2.62. The summed E-state index contributed by atoms with van der Waals surface area (Å²) in [6.45, 7) is 1.66. The minimum atomic E-state index is -0.887. The molecule has 2 aromatic rings. The minimum Gasteiger partial charge on any atom is -0.480 e. The van der Waals surface area contributed by atoms with Gasteiger partial charge in [0.05, 0.1) is 0 Å². The topological polar surface area (TPSA) is 68.0 Å². The first-order valence-electron chi connectivity index (χ1n) is 5.31. The van der Waals surface area contributed by atoms with E-state index in [0.717, 1.165) is 5.56 Å². The molecule has 0 aliphatic carbocycles. The highest BCUT2D eigenvalue weighted by molar-refractivity contribution is 5.66. The van der Waals surface area contributed by atoms with Crippen LogP contribution in [0.1, 0.15) is 17.2 Å². The van der Waals surface area contributed by atoms with Crippen molar-refractivity contribution < 1.29 is 9.90 Å². The standard InChI is InChI=1S/C12H13N3O2/c1-9-13-14-11(15(9)8-12(16)17)7-10-5-3-2-4-6-10/h2-6H,7-8H2,1H3,(H,16,17). The second-order valence-electron chi connectivity index (χ2n) is 3.81. The summed E-state index contributed by atoms with van der Waals surface area (Å²) in [6.07, 6.45) is 0.592. The summed E-state index contributed by atoms with van der Waals surface area (Å²) in [5, 5.41) is 16.8. The van der Waals surface area contributed by atoms with E-state index in [2.05, 4.69) is 10.2 Å². The van der Waals surface area contributed by atoms with Crippen molar-refractivity contribution in [3.63, 3.8) is 0 Å². The first-order chi connectivity index (χ1) is 8.16. The van der Waals surface area contributed by atoms with E-state index in [1.165, 1.54) is 0 Å². The highest BCUT2D eigenvalue weighted by Crippen LogP contribution is 2.08. The van der Waals surface area contributed by atoms with E-state index >= 15 is 0 Å². The summed E-state index contributed by atoms with van der Waals surface area (Å²) in [5.74, 6) is 0.414. The monoisotopic (exact) mass is 231 g/mol. The zero-order chi connectivity index (χ0) is 12.3. The molecular weight excluding hydrogens is 218 g/mol. The van der Waals surface area contributed by atoms with Crippen LogP contribution in [0.3, 0.4) is 0 Å². The molecule has 1 aromatic carbocycles. The Hall–Kier alpha value is -2.17. The number of carbonyl (C=O) groups is 1. The van der Waals surface area contributed by atoms with Crippen LogP contribution in [0.25, 0.3) is 0 Å². The summed E-state index contributed by atoms with van der Waals surface area (Å²) < 4.78 is 1.62. The van der Waals surface area contributed by atoms with Crippen LogP contribution in [0.15, 0.2) is 30.3 Å². The van der Waals surface area contributed by atoms with Crippen LogP contribution >= 0.6 is 0 Å². The average molecular weight is 231 g/mol. The quantitative estimate of drug-likeness (QED) is 0.860. The van der Waals surface area contributed by atoms with Crippen molar-refractivity contribution in [3.05, 3.63) is 47.5 Å². The third kappa shape index (κ3) is 2.69. The van der Waals surface area contributed by atoms with Gasteiger partial charge in [0.15, 0.2) is 0 Å².